The van der Waals surface area contributed by atoms with Gasteiger partial charge in [-0.3, -0.25) is 9.79 Å². The normalized spacial score (nSPS) is 12.7. The third kappa shape index (κ3) is 7.56. The summed E-state index contributed by atoms with van der Waals surface area (Å²) in [5.74, 6) is -2.62. The Labute approximate surface area is 233 Å². The first kappa shape index (κ1) is 28.6. The maximum Gasteiger partial charge on any atom is 0.332 e. The van der Waals surface area contributed by atoms with Crippen LogP contribution in [0.2, 0.25) is 0 Å². The Balaban J connectivity index is 1.89. The number of carbonyl (C=O) groups excluding carboxylic acids is 2. The summed E-state index contributed by atoms with van der Waals surface area (Å²) in [7, 11) is 0. The van der Waals surface area contributed by atoms with Crippen LogP contribution in [0.25, 0.3) is 0 Å². The Morgan fingerprint density at radius 3 is 1.65 bits per heavy atom. The number of ether oxygens (including phenoxy) is 1. The van der Waals surface area contributed by atoms with Gasteiger partial charge in [-0.1, -0.05) is 72.8 Å². The maximum atomic E-state index is 13.9. The molecule has 0 radical (unpaired) electrons. The molecule has 0 heterocycles. The van der Waals surface area contributed by atoms with Crippen LogP contribution in [0.1, 0.15) is 60.2 Å². The third-order valence-electron chi connectivity index (χ3n) is 6.26. The van der Waals surface area contributed by atoms with Gasteiger partial charge in [-0.25, -0.2) is 13.6 Å². The standard InChI is InChI=1S/C34H31F2NO3/c1-34(2,3)40-33(39)32(37-31(25-10-6-4-7-11-25)26-12-8-5-9-13-26)29(23-14-18-27(35)19-15-23)22-30(38)24-16-20-28(36)21-17-24/h4-21,29,32H,22H2,1-3H3/t29-,32+/m1/s1. The van der Waals surface area contributed by atoms with Gasteiger partial charge in [-0.05, 0) is 62.7 Å². The average molecular weight is 540 g/mol. The molecule has 4 rings (SSSR count). The molecule has 6 heteroatoms. The zero-order valence-electron chi connectivity index (χ0n) is 22.7. The van der Waals surface area contributed by atoms with E-state index in [-0.39, 0.29) is 12.2 Å². The Morgan fingerprint density at radius 1 is 0.700 bits per heavy atom. The van der Waals surface area contributed by atoms with E-state index < -0.39 is 35.2 Å². The fraction of sp³-hybridized carbons (Fsp3) is 0.206. The van der Waals surface area contributed by atoms with Gasteiger partial charge in [0.05, 0.1) is 5.71 Å². The number of hydrogen-bond donors (Lipinski definition) is 0. The van der Waals surface area contributed by atoms with E-state index in [2.05, 4.69) is 0 Å². The predicted molar refractivity (Wildman–Crippen MR) is 153 cm³/mol. The lowest BCUT2D eigenvalue weighted by Crippen LogP contribution is -2.36. The van der Waals surface area contributed by atoms with Gasteiger partial charge in [0.25, 0.3) is 0 Å². The molecule has 0 unspecified atom stereocenters. The van der Waals surface area contributed by atoms with E-state index in [1.165, 1.54) is 36.4 Å². The van der Waals surface area contributed by atoms with Crippen LogP contribution in [0.5, 0.6) is 0 Å². The second-order valence-corrected chi connectivity index (χ2v) is 10.5. The lowest BCUT2D eigenvalue weighted by molar-refractivity contribution is -0.156. The van der Waals surface area contributed by atoms with Gasteiger partial charge in [-0.2, -0.15) is 0 Å². The number of aliphatic imine (C=N–C) groups is 1. The minimum atomic E-state index is -1.15. The number of hydrogen-bond acceptors (Lipinski definition) is 4. The number of nitrogens with zero attached hydrogens (tertiary/aromatic N) is 1. The molecule has 4 nitrogen and oxygen atoms in total. The Morgan fingerprint density at radius 2 is 1.18 bits per heavy atom. The quantitative estimate of drug-likeness (QED) is 0.125. The Hall–Kier alpha value is -4.45. The summed E-state index contributed by atoms with van der Waals surface area (Å²) in [5.41, 5.74) is 2.15. The zero-order chi connectivity index (χ0) is 28.7. The molecule has 0 aliphatic rings. The highest BCUT2D eigenvalue weighted by atomic mass is 19.1. The van der Waals surface area contributed by atoms with Crippen LogP contribution < -0.4 is 0 Å². The molecule has 4 aromatic rings. The van der Waals surface area contributed by atoms with Crippen LogP contribution >= 0.6 is 0 Å². The second kappa shape index (κ2) is 12.6. The van der Waals surface area contributed by atoms with E-state index in [1.807, 2.05) is 60.7 Å². The number of benzene rings is 4. The molecular weight excluding hydrogens is 508 g/mol. The van der Waals surface area contributed by atoms with Gasteiger partial charge in [0.1, 0.15) is 17.2 Å². The lowest BCUT2D eigenvalue weighted by atomic mass is 9.85. The predicted octanol–water partition coefficient (Wildman–Crippen LogP) is 7.57. The SMILES string of the molecule is CC(C)(C)OC(=O)[C@@H](N=C(c1ccccc1)c1ccccc1)[C@H](CC(=O)c1ccc(F)cc1)c1ccc(F)cc1. The molecule has 0 amide bonds. The van der Waals surface area contributed by atoms with Crippen molar-refractivity contribution in [3.05, 3.63) is 143 Å². The van der Waals surface area contributed by atoms with Crippen molar-refractivity contribution >= 4 is 17.5 Å². The summed E-state index contributed by atoms with van der Waals surface area (Å²) in [5, 5.41) is 0. The third-order valence-corrected chi connectivity index (χ3v) is 6.26. The average Bonchev–Trinajstić information content (AvgIpc) is 2.93. The zero-order valence-corrected chi connectivity index (χ0v) is 22.7. The Bertz CT molecular complexity index is 1420. The highest BCUT2D eigenvalue weighted by Gasteiger charge is 2.35. The van der Waals surface area contributed by atoms with E-state index in [4.69, 9.17) is 9.73 Å². The number of ketones is 1. The molecule has 0 aliphatic heterocycles. The first-order valence-corrected chi connectivity index (χ1v) is 13.1. The molecule has 0 saturated heterocycles. The van der Waals surface area contributed by atoms with Crippen molar-refractivity contribution in [3.63, 3.8) is 0 Å². The summed E-state index contributed by atoms with van der Waals surface area (Å²) < 4.78 is 33.3. The van der Waals surface area contributed by atoms with Crippen molar-refractivity contribution in [3.8, 4) is 0 Å². The fourth-order valence-electron chi connectivity index (χ4n) is 4.39. The van der Waals surface area contributed by atoms with Crippen LogP contribution in [0.3, 0.4) is 0 Å². The van der Waals surface area contributed by atoms with Crippen molar-refractivity contribution in [2.45, 2.75) is 44.8 Å². The molecule has 0 aliphatic carbocycles. The highest BCUT2D eigenvalue weighted by Crippen LogP contribution is 2.31. The molecular formula is C34H31F2NO3. The van der Waals surface area contributed by atoms with E-state index >= 15 is 0 Å². The largest absolute Gasteiger partial charge is 0.458 e. The first-order valence-electron chi connectivity index (χ1n) is 13.1. The number of rotatable bonds is 9. The first-order chi connectivity index (χ1) is 19.1. The summed E-state index contributed by atoms with van der Waals surface area (Å²) in [4.78, 5) is 32.3. The fourth-order valence-corrected chi connectivity index (χ4v) is 4.39. The molecule has 2 atom stereocenters. The number of carbonyl (C=O) groups is 2. The lowest BCUT2D eigenvalue weighted by Gasteiger charge is -2.28. The van der Waals surface area contributed by atoms with E-state index in [0.717, 1.165) is 11.1 Å². The van der Waals surface area contributed by atoms with Gasteiger partial charge >= 0.3 is 5.97 Å². The molecule has 40 heavy (non-hydrogen) atoms. The van der Waals surface area contributed by atoms with Gasteiger partial charge in [-0.15, -0.1) is 0 Å². The van der Waals surface area contributed by atoms with Crippen LogP contribution in [-0.4, -0.2) is 29.1 Å². The summed E-state index contributed by atoms with van der Waals surface area (Å²) in [6, 6.07) is 28.7. The monoisotopic (exact) mass is 539 g/mol. The van der Waals surface area contributed by atoms with Crippen LogP contribution in [0.15, 0.2) is 114 Å². The molecule has 0 N–H and O–H groups in total. The van der Waals surface area contributed by atoms with Gasteiger partial charge < -0.3 is 4.74 Å². The van der Waals surface area contributed by atoms with Crippen LogP contribution in [0.4, 0.5) is 8.78 Å². The van der Waals surface area contributed by atoms with Crippen molar-refractivity contribution in [1.82, 2.24) is 0 Å². The van der Waals surface area contributed by atoms with E-state index in [9.17, 15) is 18.4 Å². The van der Waals surface area contributed by atoms with Crippen LogP contribution in [-0.2, 0) is 9.53 Å². The van der Waals surface area contributed by atoms with Gasteiger partial charge in [0, 0.05) is 29.0 Å². The minimum Gasteiger partial charge on any atom is -0.458 e. The summed E-state index contributed by atoms with van der Waals surface area (Å²) in [6.07, 6.45) is -0.137. The molecule has 4 aromatic carbocycles. The minimum absolute atomic E-state index is 0.137. The Kier molecular flexibility index (Phi) is 9.00. The van der Waals surface area contributed by atoms with Crippen molar-refractivity contribution < 1.29 is 23.1 Å². The van der Waals surface area contributed by atoms with Crippen LogP contribution in [0, 0.1) is 11.6 Å². The van der Waals surface area contributed by atoms with E-state index in [1.54, 1.807) is 32.9 Å². The molecule has 0 spiro atoms. The number of Topliss-reactive ketones (excluding diaryl/α,β-unsaturated/α-hetero) is 1. The van der Waals surface area contributed by atoms with Crippen molar-refractivity contribution in [1.29, 1.82) is 0 Å². The molecule has 0 saturated carbocycles. The summed E-state index contributed by atoms with van der Waals surface area (Å²) >= 11 is 0. The van der Waals surface area contributed by atoms with Gasteiger partial charge in [0.2, 0.25) is 0 Å². The number of esters is 1. The molecule has 0 fully saturated rings. The van der Waals surface area contributed by atoms with Crippen molar-refractivity contribution in [2.24, 2.45) is 4.99 Å². The molecule has 0 aromatic heterocycles. The summed E-state index contributed by atoms with van der Waals surface area (Å²) in [6.45, 7) is 5.28. The number of halogens is 2. The maximum absolute atomic E-state index is 13.9. The molecule has 204 valence electrons. The van der Waals surface area contributed by atoms with Crippen molar-refractivity contribution in [2.75, 3.05) is 0 Å². The molecule has 0 bridgehead atoms. The van der Waals surface area contributed by atoms with E-state index in [0.29, 0.717) is 16.8 Å². The smallest absolute Gasteiger partial charge is 0.332 e. The second-order valence-electron chi connectivity index (χ2n) is 10.5. The highest BCUT2D eigenvalue weighted by molar-refractivity contribution is 6.13. The van der Waals surface area contributed by atoms with Gasteiger partial charge in [0.15, 0.2) is 11.8 Å². The topological polar surface area (TPSA) is 55.7 Å².